The van der Waals surface area contributed by atoms with Crippen LogP contribution in [0, 0.1) is 0 Å². The van der Waals surface area contributed by atoms with E-state index in [0.29, 0.717) is 0 Å². The Kier molecular flexibility index (Phi) is 4.08. The minimum Gasteiger partial charge on any atom is -0.462 e. The summed E-state index contributed by atoms with van der Waals surface area (Å²) in [7, 11) is 0. The fraction of sp³-hybridized carbons (Fsp3) is 0.300. The van der Waals surface area contributed by atoms with Crippen LogP contribution < -0.4 is 16.2 Å². The molecule has 0 atom stereocenters. The number of anilines is 2. The van der Waals surface area contributed by atoms with Gasteiger partial charge in [0.25, 0.3) is 0 Å². The van der Waals surface area contributed by atoms with Crippen molar-refractivity contribution < 1.29 is 23.0 Å². The predicted molar refractivity (Wildman–Crippen MR) is 57.9 cm³/mol. The number of alkyl halides is 2. The first kappa shape index (κ1) is 13.0. The highest BCUT2D eigenvalue weighted by molar-refractivity contribution is 5.96. The molecule has 1 aromatic rings. The Morgan fingerprint density at radius 3 is 2.59 bits per heavy atom. The summed E-state index contributed by atoms with van der Waals surface area (Å²) < 4.78 is 33.3. The second-order valence-electron chi connectivity index (χ2n) is 3.04. The highest BCUT2D eigenvalue weighted by Gasteiger charge is 2.20. The molecule has 0 aromatic heterocycles. The molecule has 7 heteroatoms. The highest BCUT2D eigenvalue weighted by Crippen LogP contribution is 2.33. The van der Waals surface area contributed by atoms with E-state index < -0.39 is 18.3 Å². The number of hydrogen-bond donors (Lipinski definition) is 2. The number of nitrogen functional groups attached to an aromatic ring is 2. The van der Waals surface area contributed by atoms with Crippen molar-refractivity contribution in [1.29, 1.82) is 0 Å². The zero-order valence-electron chi connectivity index (χ0n) is 9.07. The first-order chi connectivity index (χ1) is 7.97. The summed E-state index contributed by atoms with van der Waals surface area (Å²) >= 11 is 0. The van der Waals surface area contributed by atoms with Gasteiger partial charge in [0.1, 0.15) is 5.56 Å². The van der Waals surface area contributed by atoms with Crippen molar-refractivity contribution in [3.05, 3.63) is 17.7 Å². The molecule has 0 heterocycles. The molecule has 0 saturated carbocycles. The normalized spacial score (nSPS) is 10.4. The Labute approximate surface area is 96.3 Å². The quantitative estimate of drug-likeness (QED) is 0.622. The summed E-state index contributed by atoms with van der Waals surface area (Å²) in [5.74, 6) is -1.26. The van der Waals surface area contributed by atoms with E-state index in [1.807, 2.05) is 0 Å². The van der Waals surface area contributed by atoms with Crippen molar-refractivity contribution in [1.82, 2.24) is 0 Å². The van der Waals surface area contributed by atoms with Crippen molar-refractivity contribution in [2.24, 2.45) is 0 Å². The number of esters is 1. The van der Waals surface area contributed by atoms with Gasteiger partial charge in [-0.3, -0.25) is 0 Å². The minimum atomic E-state index is -3.10. The van der Waals surface area contributed by atoms with Crippen molar-refractivity contribution in [2.75, 3.05) is 18.1 Å². The first-order valence-electron chi connectivity index (χ1n) is 4.77. The molecule has 17 heavy (non-hydrogen) atoms. The number of halogens is 2. The maximum Gasteiger partial charge on any atom is 0.387 e. The summed E-state index contributed by atoms with van der Waals surface area (Å²) in [6.07, 6.45) is 0. The van der Waals surface area contributed by atoms with Crippen LogP contribution in [0.25, 0.3) is 0 Å². The van der Waals surface area contributed by atoms with Crippen molar-refractivity contribution in [3.8, 4) is 5.75 Å². The third-order valence-corrected chi connectivity index (χ3v) is 1.93. The fourth-order valence-corrected chi connectivity index (χ4v) is 1.20. The molecule has 1 rings (SSSR count). The largest absolute Gasteiger partial charge is 0.462 e. The van der Waals surface area contributed by atoms with Crippen LogP contribution in [0.1, 0.15) is 17.3 Å². The van der Waals surface area contributed by atoms with Crippen molar-refractivity contribution in [3.63, 3.8) is 0 Å². The van der Waals surface area contributed by atoms with Crippen LogP contribution >= 0.6 is 0 Å². The molecule has 0 fully saturated rings. The summed E-state index contributed by atoms with van der Waals surface area (Å²) in [5, 5.41) is 0. The van der Waals surface area contributed by atoms with E-state index in [4.69, 9.17) is 11.5 Å². The summed E-state index contributed by atoms with van der Waals surface area (Å²) in [6.45, 7) is -1.41. The van der Waals surface area contributed by atoms with Crippen LogP contribution in [0.3, 0.4) is 0 Å². The molecule has 0 aliphatic heterocycles. The molecule has 94 valence electrons. The van der Waals surface area contributed by atoms with E-state index in [-0.39, 0.29) is 23.5 Å². The van der Waals surface area contributed by atoms with E-state index in [0.717, 1.165) is 0 Å². The molecule has 0 spiro atoms. The number of carbonyl (C=O) groups is 1. The van der Waals surface area contributed by atoms with Crippen LogP contribution in [0.15, 0.2) is 12.1 Å². The van der Waals surface area contributed by atoms with Gasteiger partial charge in [0.15, 0.2) is 5.75 Å². The van der Waals surface area contributed by atoms with E-state index >= 15 is 0 Å². The van der Waals surface area contributed by atoms with Crippen molar-refractivity contribution >= 4 is 17.3 Å². The van der Waals surface area contributed by atoms with E-state index in [9.17, 15) is 13.6 Å². The predicted octanol–water partition coefficient (Wildman–Crippen LogP) is 1.63. The highest BCUT2D eigenvalue weighted by atomic mass is 19.3. The van der Waals surface area contributed by atoms with Gasteiger partial charge in [-0.2, -0.15) is 8.78 Å². The van der Waals surface area contributed by atoms with Crippen LogP contribution in [-0.2, 0) is 4.74 Å². The van der Waals surface area contributed by atoms with Gasteiger partial charge in [0.2, 0.25) is 0 Å². The van der Waals surface area contributed by atoms with Gasteiger partial charge in [-0.25, -0.2) is 4.79 Å². The first-order valence-corrected chi connectivity index (χ1v) is 4.77. The lowest BCUT2D eigenvalue weighted by Crippen LogP contribution is -2.13. The summed E-state index contributed by atoms with van der Waals surface area (Å²) in [4.78, 5) is 11.5. The molecule has 0 unspecified atom stereocenters. The number of ether oxygens (including phenoxy) is 2. The Morgan fingerprint density at radius 2 is 2.06 bits per heavy atom. The molecular formula is C10H12F2N2O3. The molecule has 0 bridgehead atoms. The second-order valence-corrected chi connectivity index (χ2v) is 3.04. The molecule has 1 aromatic carbocycles. The standard InChI is InChI=1S/C10H12F2N2O3/c1-2-16-9(15)5-3-4-6(13)7(14)8(5)17-10(11)12/h3-4,10H,2,13-14H2,1H3. The molecule has 0 aliphatic carbocycles. The Balaban J connectivity index is 3.19. The van der Waals surface area contributed by atoms with Gasteiger partial charge < -0.3 is 20.9 Å². The molecule has 0 aliphatic rings. The number of hydrogen-bond acceptors (Lipinski definition) is 5. The number of benzene rings is 1. The average molecular weight is 246 g/mol. The third kappa shape index (κ3) is 2.96. The zero-order valence-corrected chi connectivity index (χ0v) is 9.07. The molecule has 0 amide bonds. The van der Waals surface area contributed by atoms with Gasteiger partial charge >= 0.3 is 12.6 Å². The topological polar surface area (TPSA) is 87.6 Å². The van der Waals surface area contributed by atoms with Crippen LogP contribution in [0.4, 0.5) is 20.2 Å². The van der Waals surface area contributed by atoms with E-state index in [1.54, 1.807) is 6.92 Å². The second kappa shape index (κ2) is 5.33. The summed E-state index contributed by atoms with van der Waals surface area (Å²) in [5.41, 5.74) is 10.6. The third-order valence-electron chi connectivity index (χ3n) is 1.93. The van der Waals surface area contributed by atoms with E-state index in [2.05, 4.69) is 9.47 Å². The lowest BCUT2D eigenvalue weighted by atomic mass is 10.1. The summed E-state index contributed by atoms with van der Waals surface area (Å²) in [6, 6.07) is 2.54. The van der Waals surface area contributed by atoms with Gasteiger partial charge in [-0.05, 0) is 19.1 Å². The Bertz CT molecular complexity index is 424. The SMILES string of the molecule is CCOC(=O)c1ccc(N)c(N)c1OC(F)F. The number of nitrogens with two attached hydrogens (primary N) is 2. The Morgan fingerprint density at radius 1 is 1.41 bits per heavy atom. The van der Waals surface area contributed by atoms with Gasteiger partial charge in [-0.15, -0.1) is 0 Å². The maximum absolute atomic E-state index is 12.2. The minimum absolute atomic E-state index is 0.0497. The average Bonchev–Trinajstić information content (AvgIpc) is 2.24. The van der Waals surface area contributed by atoms with Crippen LogP contribution in [-0.4, -0.2) is 19.2 Å². The number of carbonyl (C=O) groups excluding carboxylic acids is 1. The molecule has 0 saturated heterocycles. The van der Waals surface area contributed by atoms with Crippen molar-refractivity contribution in [2.45, 2.75) is 13.5 Å². The lowest BCUT2D eigenvalue weighted by Gasteiger charge is -2.13. The monoisotopic (exact) mass is 246 g/mol. The van der Waals surface area contributed by atoms with Crippen LogP contribution in [0.2, 0.25) is 0 Å². The number of rotatable bonds is 4. The smallest absolute Gasteiger partial charge is 0.387 e. The van der Waals surface area contributed by atoms with Gasteiger partial charge in [-0.1, -0.05) is 0 Å². The maximum atomic E-state index is 12.2. The molecule has 4 N–H and O–H groups in total. The fourth-order valence-electron chi connectivity index (χ4n) is 1.20. The Hall–Kier alpha value is -2.05. The molecule has 5 nitrogen and oxygen atoms in total. The lowest BCUT2D eigenvalue weighted by molar-refractivity contribution is -0.0498. The zero-order chi connectivity index (χ0) is 13.0. The molecule has 0 radical (unpaired) electrons. The van der Waals surface area contributed by atoms with E-state index in [1.165, 1.54) is 12.1 Å². The van der Waals surface area contributed by atoms with Gasteiger partial charge in [0, 0.05) is 0 Å². The van der Waals surface area contributed by atoms with Gasteiger partial charge in [0.05, 0.1) is 18.0 Å². The van der Waals surface area contributed by atoms with Crippen LogP contribution in [0.5, 0.6) is 5.75 Å². The molecular weight excluding hydrogens is 234 g/mol.